The molecule has 3 aromatic rings. The summed E-state index contributed by atoms with van der Waals surface area (Å²) in [5.41, 5.74) is 0.648. The molecule has 0 fully saturated rings. The number of carbonyl (C=O) groups excluding carboxylic acids is 3. The van der Waals surface area contributed by atoms with Gasteiger partial charge in [0.15, 0.2) is 0 Å². The van der Waals surface area contributed by atoms with Crippen LogP contribution in [0.4, 0.5) is 0 Å². The molecule has 2 amide bonds. The molecule has 5 heteroatoms. The molecule has 1 heterocycles. The Balaban J connectivity index is 1.63. The molecule has 5 nitrogen and oxygen atoms in total. The van der Waals surface area contributed by atoms with Gasteiger partial charge in [-0.3, -0.25) is 14.5 Å². The first-order chi connectivity index (χ1) is 14.0. The van der Waals surface area contributed by atoms with E-state index >= 15 is 0 Å². The minimum absolute atomic E-state index is 0.0912. The van der Waals surface area contributed by atoms with Gasteiger partial charge in [-0.15, -0.1) is 0 Å². The monoisotopic (exact) mass is 387 g/mol. The molecule has 0 aliphatic carbocycles. The van der Waals surface area contributed by atoms with Gasteiger partial charge in [0.2, 0.25) is 0 Å². The van der Waals surface area contributed by atoms with Crippen LogP contribution >= 0.6 is 0 Å². The molecule has 3 aromatic carbocycles. The van der Waals surface area contributed by atoms with Crippen molar-refractivity contribution in [3.8, 4) is 5.75 Å². The third-order valence-corrected chi connectivity index (χ3v) is 5.04. The number of imide groups is 1. The average molecular weight is 387 g/mol. The zero-order chi connectivity index (χ0) is 20.5. The Morgan fingerprint density at radius 3 is 2.07 bits per heavy atom. The minimum atomic E-state index is -0.978. The van der Waals surface area contributed by atoms with Crippen molar-refractivity contribution in [1.29, 1.82) is 0 Å². The molecule has 0 radical (unpaired) electrons. The molecule has 4 rings (SSSR count). The van der Waals surface area contributed by atoms with Crippen molar-refractivity contribution >= 4 is 28.6 Å². The molecule has 0 saturated heterocycles. The highest BCUT2D eigenvalue weighted by Gasteiger charge is 2.43. The Labute approximate surface area is 168 Å². The summed E-state index contributed by atoms with van der Waals surface area (Å²) in [5, 5.41) is 1.98. The van der Waals surface area contributed by atoms with Gasteiger partial charge in [-0.05, 0) is 47.4 Å². The summed E-state index contributed by atoms with van der Waals surface area (Å²) in [7, 11) is 0. The smallest absolute Gasteiger partial charge is 0.334 e. The number of amides is 2. The molecule has 0 spiro atoms. The van der Waals surface area contributed by atoms with E-state index in [9.17, 15) is 14.4 Å². The molecule has 0 saturated carbocycles. The molecule has 0 bridgehead atoms. The molecule has 146 valence electrons. The largest absolute Gasteiger partial charge is 0.425 e. The molecule has 1 atom stereocenters. The van der Waals surface area contributed by atoms with E-state index in [-0.39, 0.29) is 5.92 Å². The van der Waals surface area contributed by atoms with Crippen LogP contribution in [0, 0.1) is 5.92 Å². The van der Waals surface area contributed by atoms with Crippen LogP contribution in [0.2, 0.25) is 0 Å². The van der Waals surface area contributed by atoms with Gasteiger partial charge in [0.05, 0.1) is 11.1 Å². The first-order valence-electron chi connectivity index (χ1n) is 9.63. The maximum Gasteiger partial charge on any atom is 0.334 e. The van der Waals surface area contributed by atoms with Crippen LogP contribution in [0.15, 0.2) is 66.7 Å². The number of rotatable bonds is 5. The van der Waals surface area contributed by atoms with Crippen molar-refractivity contribution < 1.29 is 19.1 Å². The number of nitrogens with zero attached hydrogens (tertiary/aromatic N) is 1. The van der Waals surface area contributed by atoms with E-state index in [0.717, 1.165) is 15.7 Å². The van der Waals surface area contributed by atoms with Crippen LogP contribution in [-0.2, 0) is 4.79 Å². The first kappa shape index (κ1) is 18.9. The fourth-order valence-corrected chi connectivity index (χ4v) is 3.66. The number of benzene rings is 3. The lowest BCUT2D eigenvalue weighted by atomic mass is 10.0. The standard InChI is InChI=1S/C24H21NO4/c1-15(2)13-21(25-22(26)19-9-5-6-10-20(19)23(25)27)24(28)29-18-12-11-16-7-3-4-8-17(16)14-18/h3-12,14-15,21H,13H2,1-2H3. The van der Waals surface area contributed by atoms with E-state index in [1.807, 2.05) is 44.2 Å². The topological polar surface area (TPSA) is 63.7 Å². The SMILES string of the molecule is CC(C)CC(C(=O)Oc1ccc2ccccc2c1)N1C(=O)c2ccccc2C1=O. The highest BCUT2D eigenvalue weighted by Crippen LogP contribution is 2.28. The second-order valence-corrected chi connectivity index (χ2v) is 7.60. The van der Waals surface area contributed by atoms with Crippen molar-refractivity contribution in [2.24, 2.45) is 5.92 Å². The second kappa shape index (κ2) is 7.51. The van der Waals surface area contributed by atoms with E-state index in [2.05, 4.69) is 0 Å². The summed E-state index contributed by atoms with van der Waals surface area (Å²) < 4.78 is 5.61. The maximum absolute atomic E-state index is 13.0. The summed E-state index contributed by atoms with van der Waals surface area (Å²) in [5.74, 6) is -1.03. The van der Waals surface area contributed by atoms with Crippen molar-refractivity contribution in [2.45, 2.75) is 26.3 Å². The second-order valence-electron chi connectivity index (χ2n) is 7.60. The predicted octanol–water partition coefficient (Wildman–Crippen LogP) is 4.46. The number of esters is 1. The molecule has 0 N–H and O–H groups in total. The van der Waals surface area contributed by atoms with Crippen LogP contribution < -0.4 is 4.74 Å². The summed E-state index contributed by atoms with van der Waals surface area (Å²) in [6, 6.07) is 18.8. The van der Waals surface area contributed by atoms with Crippen molar-refractivity contribution in [3.63, 3.8) is 0 Å². The van der Waals surface area contributed by atoms with Crippen molar-refractivity contribution in [3.05, 3.63) is 77.9 Å². The lowest BCUT2D eigenvalue weighted by Gasteiger charge is -2.26. The Bertz CT molecular complexity index is 1080. The highest BCUT2D eigenvalue weighted by atomic mass is 16.5. The van der Waals surface area contributed by atoms with Crippen LogP contribution in [0.3, 0.4) is 0 Å². The van der Waals surface area contributed by atoms with Gasteiger partial charge in [0, 0.05) is 0 Å². The highest BCUT2D eigenvalue weighted by molar-refractivity contribution is 6.22. The van der Waals surface area contributed by atoms with E-state index < -0.39 is 23.8 Å². The number of carbonyl (C=O) groups is 3. The molecular formula is C24H21NO4. The van der Waals surface area contributed by atoms with Gasteiger partial charge >= 0.3 is 5.97 Å². The van der Waals surface area contributed by atoms with Crippen LogP contribution in [0.25, 0.3) is 10.8 Å². The molecule has 29 heavy (non-hydrogen) atoms. The van der Waals surface area contributed by atoms with Gasteiger partial charge < -0.3 is 4.74 Å². The van der Waals surface area contributed by atoms with Crippen molar-refractivity contribution in [2.75, 3.05) is 0 Å². The third kappa shape index (κ3) is 3.51. The molecule has 0 aromatic heterocycles. The fraction of sp³-hybridized carbons (Fsp3) is 0.208. The number of hydrogen-bond acceptors (Lipinski definition) is 4. The molecule has 1 aliphatic heterocycles. The van der Waals surface area contributed by atoms with Gasteiger partial charge in [-0.1, -0.05) is 56.3 Å². The molecular weight excluding hydrogens is 366 g/mol. The van der Waals surface area contributed by atoms with Crippen LogP contribution in [0.5, 0.6) is 5.75 Å². The lowest BCUT2D eigenvalue weighted by molar-refractivity contribution is -0.139. The van der Waals surface area contributed by atoms with Gasteiger partial charge in [0.1, 0.15) is 11.8 Å². The van der Waals surface area contributed by atoms with Gasteiger partial charge in [0.25, 0.3) is 11.8 Å². The Kier molecular flexibility index (Phi) is 4.89. The summed E-state index contributed by atoms with van der Waals surface area (Å²) in [6.45, 7) is 3.88. The summed E-state index contributed by atoms with van der Waals surface area (Å²) >= 11 is 0. The average Bonchev–Trinajstić information content (AvgIpc) is 2.96. The molecule has 1 aliphatic rings. The molecule has 1 unspecified atom stereocenters. The quantitative estimate of drug-likeness (QED) is 0.368. The van der Waals surface area contributed by atoms with E-state index in [1.165, 1.54) is 0 Å². The van der Waals surface area contributed by atoms with E-state index in [1.54, 1.807) is 36.4 Å². The minimum Gasteiger partial charge on any atom is -0.425 e. The third-order valence-electron chi connectivity index (χ3n) is 5.04. The van der Waals surface area contributed by atoms with Gasteiger partial charge in [-0.2, -0.15) is 0 Å². The normalized spacial score (nSPS) is 14.4. The fourth-order valence-electron chi connectivity index (χ4n) is 3.66. The predicted molar refractivity (Wildman–Crippen MR) is 110 cm³/mol. The van der Waals surface area contributed by atoms with Crippen molar-refractivity contribution in [1.82, 2.24) is 4.90 Å². The summed E-state index contributed by atoms with van der Waals surface area (Å²) in [4.78, 5) is 39.8. The summed E-state index contributed by atoms with van der Waals surface area (Å²) in [6.07, 6.45) is 0.331. The Morgan fingerprint density at radius 2 is 1.45 bits per heavy atom. The zero-order valence-electron chi connectivity index (χ0n) is 16.3. The maximum atomic E-state index is 13.0. The number of hydrogen-bond donors (Lipinski definition) is 0. The number of ether oxygens (including phenoxy) is 1. The van der Waals surface area contributed by atoms with E-state index in [4.69, 9.17) is 4.74 Å². The van der Waals surface area contributed by atoms with Gasteiger partial charge in [-0.25, -0.2) is 4.79 Å². The Hall–Kier alpha value is -3.47. The first-order valence-corrected chi connectivity index (χ1v) is 9.63. The number of fused-ring (bicyclic) bond motifs is 2. The lowest BCUT2D eigenvalue weighted by Crippen LogP contribution is -2.47. The van der Waals surface area contributed by atoms with Crippen LogP contribution in [0.1, 0.15) is 41.0 Å². The van der Waals surface area contributed by atoms with Crippen LogP contribution in [-0.4, -0.2) is 28.7 Å². The Morgan fingerprint density at radius 1 is 0.862 bits per heavy atom. The zero-order valence-corrected chi connectivity index (χ0v) is 16.3. The van der Waals surface area contributed by atoms with E-state index in [0.29, 0.717) is 23.3 Å².